The highest BCUT2D eigenvalue weighted by molar-refractivity contribution is 5.88. The summed E-state index contributed by atoms with van der Waals surface area (Å²) in [7, 11) is 0. The minimum absolute atomic E-state index is 0.264. The Morgan fingerprint density at radius 1 is 1.69 bits per heavy atom. The molecule has 0 radical (unpaired) electrons. The maximum absolute atomic E-state index is 10.8. The van der Waals surface area contributed by atoms with Crippen LogP contribution in [-0.2, 0) is 6.54 Å². The number of hydrogen-bond donors (Lipinski definition) is 2. The summed E-state index contributed by atoms with van der Waals surface area (Å²) in [6, 6.07) is 2.19. The van der Waals surface area contributed by atoms with Gasteiger partial charge in [-0.3, -0.25) is 0 Å². The second-order valence-corrected chi connectivity index (χ2v) is 4.38. The predicted molar refractivity (Wildman–Crippen MR) is 59.4 cm³/mol. The summed E-state index contributed by atoms with van der Waals surface area (Å²) < 4.78 is 5.38. The number of aromatic carboxylic acids is 1. The standard InChI is InChI=1S/C12H17NO3/c1-3-8-4-11(8)13-6-9-5-10(12(14)15)7(2)16-9/h5,8,11,13H,3-4,6H2,1-2H3,(H,14,15). The van der Waals surface area contributed by atoms with E-state index in [0.29, 0.717) is 24.1 Å². The third-order valence-corrected chi connectivity index (χ3v) is 3.18. The molecular formula is C12H17NO3. The average Bonchev–Trinajstić information content (AvgIpc) is 2.90. The summed E-state index contributed by atoms with van der Waals surface area (Å²) in [6.07, 6.45) is 2.43. The van der Waals surface area contributed by atoms with Crippen LogP contribution in [0.1, 0.15) is 41.6 Å². The van der Waals surface area contributed by atoms with Gasteiger partial charge in [-0.15, -0.1) is 0 Å². The first kappa shape index (κ1) is 11.2. The highest BCUT2D eigenvalue weighted by atomic mass is 16.4. The molecule has 1 fully saturated rings. The molecule has 1 aromatic rings. The van der Waals surface area contributed by atoms with E-state index in [1.54, 1.807) is 13.0 Å². The number of rotatable bonds is 5. The largest absolute Gasteiger partial charge is 0.478 e. The molecule has 4 heteroatoms. The summed E-state index contributed by atoms with van der Waals surface area (Å²) in [5.41, 5.74) is 0.264. The van der Waals surface area contributed by atoms with Crippen molar-refractivity contribution in [3.8, 4) is 0 Å². The lowest BCUT2D eigenvalue weighted by molar-refractivity contribution is 0.0695. The smallest absolute Gasteiger partial charge is 0.339 e. The SMILES string of the molecule is CCC1CC1NCc1cc(C(=O)O)c(C)o1. The number of carbonyl (C=O) groups is 1. The minimum Gasteiger partial charge on any atom is -0.478 e. The van der Waals surface area contributed by atoms with E-state index < -0.39 is 5.97 Å². The number of furan rings is 1. The number of aryl methyl sites for hydroxylation is 1. The van der Waals surface area contributed by atoms with E-state index in [1.165, 1.54) is 12.8 Å². The Hall–Kier alpha value is -1.29. The van der Waals surface area contributed by atoms with Gasteiger partial charge < -0.3 is 14.8 Å². The van der Waals surface area contributed by atoms with Crippen LogP contribution in [0, 0.1) is 12.8 Å². The monoisotopic (exact) mass is 223 g/mol. The zero-order valence-electron chi connectivity index (χ0n) is 9.62. The van der Waals surface area contributed by atoms with Gasteiger partial charge in [0.2, 0.25) is 0 Å². The maximum Gasteiger partial charge on any atom is 0.339 e. The average molecular weight is 223 g/mol. The Balaban J connectivity index is 1.90. The van der Waals surface area contributed by atoms with Crippen molar-refractivity contribution in [2.45, 2.75) is 39.3 Å². The number of carboxylic acids is 1. The molecular weight excluding hydrogens is 206 g/mol. The van der Waals surface area contributed by atoms with Crippen molar-refractivity contribution in [2.24, 2.45) is 5.92 Å². The first-order valence-electron chi connectivity index (χ1n) is 5.67. The fourth-order valence-electron chi connectivity index (χ4n) is 2.02. The summed E-state index contributed by atoms with van der Waals surface area (Å²) in [5.74, 6) is 1.05. The van der Waals surface area contributed by atoms with Crippen LogP contribution >= 0.6 is 0 Å². The van der Waals surface area contributed by atoms with Crippen LogP contribution in [0.2, 0.25) is 0 Å². The van der Waals surface area contributed by atoms with E-state index in [2.05, 4.69) is 12.2 Å². The Morgan fingerprint density at radius 2 is 2.44 bits per heavy atom. The van der Waals surface area contributed by atoms with Gasteiger partial charge in [0.1, 0.15) is 17.1 Å². The van der Waals surface area contributed by atoms with Gasteiger partial charge in [-0.1, -0.05) is 13.3 Å². The van der Waals surface area contributed by atoms with Crippen LogP contribution in [0.3, 0.4) is 0 Å². The lowest BCUT2D eigenvalue weighted by Gasteiger charge is -1.99. The summed E-state index contributed by atoms with van der Waals surface area (Å²) in [6.45, 7) is 4.49. The normalized spacial score (nSPS) is 23.4. The second-order valence-electron chi connectivity index (χ2n) is 4.38. The Labute approximate surface area is 94.6 Å². The van der Waals surface area contributed by atoms with Crippen molar-refractivity contribution in [2.75, 3.05) is 0 Å². The molecule has 2 rings (SSSR count). The van der Waals surface area contributed by atoms with Crippen molar-refractivity contribution >= 4 is 5.97 Å². The molecule has 0 spiro atoms. The number of nitrogens with one attached hydrogen (secondary N) is 1. The molecule has 88 valence electrons. The van der Waals surface area contributed by atoms with Crippen molar-refractivity contribution in [3.63, 3.8) is 0 Å². The van der Waals surface area contributed by atoms with Crippen molar-refractivity contribution in [3.05, 3.63) is 23.2 Å². The third-order valence-electron chi connectivity index (χ3n) is 3.18. The molecule has 1 heterocycles. The molecule has 0 saturated heterocycles. The van der Waals surface area contributed by atoms with Gasteiger partial charge in [0.05, 0.1) is 6.54 Å². The van der Waals surface area contributed by atoms with Crippen LogP contribution in [-0.4, -0.2) is 17.1 Å². The second kappa shape index (κ2) is 4.29. The Morgan fingerprint density at radius 3 is 2.94 bits per heavy atom. The van der Waals surface area contributed by atoms with Gasteiger partial charge in [-0.05, 0) is 25.3 Å². The minimum atomic E-state index is -0.926. The van der Waals surface area contributed by atoms with Crippen molar-refractivity contribution < 1.29 is 14.3 Å². The predicted octanol–water partition coefficient (Wildman–Crippen LogP) is 2.17. The summed E-state index contributed by atoms with van der Waals surface area (Å²) >= 11 is 0. The molecule has 2 unspecified atom stereocenters. The highest BCUT2D eigenvalue weighted by Crippen LogP contribution is 2.33. The summed E-state index contributed by atoms with van der Waals surface area (Å²) in [5, 5.41) is 12.2. The molecule has 0 aromatic carbocycles. The molecule has 0 bridgehead atoms. The quantitative estimate of drug-likeness (QED) is 0.803. The molecule has 1 aliphatic rings. The van der Waals surface area contributed by atoms with Gasteiger partial charge >= 0.3 is 5.97 Å². The molecule has 1 aromatic heterocycles. The molecule has 2 atom stereocenters. The van der Waals surface area contributed by atoms with Crippen LogP contribution in [0.4, 0.5) is 0 Å². The molecule has 4 nitrogen and oxygen atoms in total. The Bertz CT molecular complexity index is 397. The number of hydrogen-bond acceptors (Lipinski definition) is 3. The molecule has 2 N–H and O–H groups in total. The molecule has 16 heavy (non-hydrogen) atoms. The Kier molecular flexibility index (Phi) is 3.01. The topological polar surface area (TPSA) is 62.5 Å². The van der Waals surface area contributed by atoms with E-state index in [1.807, 2.05) is 0 Å². The van der Waals surface area contributed by atoms with Gasteiger partial charge in [-0.2, -0.15) is 0 Å². The zero-order chi connectivity index (χ0) is 11.7. The summed E-state index contributed by atoms with van der Waals surface area (Å²) in [4.78, 5) is 10.8. The van der Waals surface area contributed by atoms with E-state index in [4.69, 9.17) is 9.52 Å². The fourth-order valence-corrected chi connectivity index (χ4v) is 2.02. The van der Waals surface area contributed by atoms with E-state index in [0.717, 1.165) is 5.92 Å². The lowest BCUT2D eigenvalue weighted by atomic mass is 10.2. The third kappa shape index (κ3) is 2.27. The first-order chi connectivity index (χ1) is 7.61. The number of carboxylic acid groups (broad SMARTS) is 1. The van der Waals surface area contributed by atoms with Gasteiger partial charge in [0.25, 0.3) is 0 Å². The van der Waals surface area contributed by atoms with E-state index in [9.17, 15) is 4.79 Å². The van der Waals surface area contributed by atoms with E-state index >= 15 is 0 Å². The highest BCUT2D eigenvalue weighted by Gasteiger charge is 2.34. The fraction of sp³-hybridized carbons (Fsp3) is 0.583. The van der Waals surface area contributed by atoms with Gasteiger partial charge in [-0.25, -0.2) is 4.79 Å². The molecule has 0 amide bonds. The van der Waals surface area contributed by atoms with Crippen LogP contribution < -0.4 is 5.32 Å². The molecule has 1 saturated carbocycles. The first-order valence-corrected chi connectivity index (χ1v) is 5.67. The maximum atomic E-state index is 10.8. The van der Waals surface area contributed by atoms with Crippen LogP contribution in [0.15, 0.2) is 10.5 Å². The molecule has 0 aliphatic heterocycles. The lowest BCUT2D eigenvalue weighted by Crippen LogP contribution is -2.17. The molecule has 1 aliphatic carbocycles. The van der Waals surface area contributed by atoms with Gasteiger partial charge in [0.15, 0.2) is 0 Å². The van der Waals surface area contributed by atoms with E-state index in [-0.39, 0.29) is 5.56 Å². The van der Waals surface area contributed by atoms with Crippen molar-refractivity contribution in [1.82, 2.24) is 5.32 Å². The van der Waals surface area contributed by atoms with Crippen LogP contribution in [0.5, 0.6) is 0 Å². The van der Waals surface area contributed by atoms with Gasteiger partial charge in [0, 0.05) is 6.04 Å². The van der Waals surface area contributed by atoms with Crippen LogP contribution in [0.25, 0.3) is 0 Å². The van der Waals surface area contributed by atoms with Crippen molar-refractivity contribution in [1.29, 1.82) is 0 Å². The zero-order valence-corrected chi connectivity index (χ0v) is 9.62.